The lowest BCUT2D eigenvalue weighted by Crippen LogP contribution is -2.27. The molecular formula is C39H48N2O2. The Kier molecular flexibility index (Phi) is 9.33. The Balaban J connectivity index is 1.42. The summed E-state index contributed by atoms with van der Waals surface area (Å²) in [5.74, 6) is 2.45. The zero-order valence-corrected chi connectivity index (χ0v) is 26.1. The number of nitrogens with two attached hydrogens (primary N) is 1. The highest BCUT2D eigenvalue weighted by atomic mass is 16.5. The molecule has 4 nitrogen and oxygen atoms in total. The van der Waals surface area contributed by atoms with Crippen molar-refractivity contribution in [3.63, 3.8) is 0 Å². The van der Waals surface area contributed by atoms with E-state index in [-0.39, 0.29) is 5.92 Å². The van der Waals surface area contributed by atoms with Gasteiger partial charge in [-0.25, -0.2) is 0 Å². The number of methoxy groups -OCH3 is 1. The number of aromatic nitrogens is 1. The van der Waals surface area contributed by atoms with E-state index in [0.29, 0.717) is 36.5 Å². The third kappa shape index (κ3) is 6.91. The summed E-state index contributed by atoms with van der Waals surface area (Å²) < 4.78 is 8.25. The number of carbonyl (C=O) groups excluding carboxylic acids is 1. The molecule has 1 heterocycles. The highest BCUT2D eigenvalue weighted by molar-refractivity contribution is 5.91. The Morgan fingerprint density at radius 3 is 2.47 bits per heavy atom. The minimum atomic E-state index is 0.0151. The second-order valence-electron chi connectivity index (χ2n) is 13.4. The Morgan fingerprint density at radius 2 is 1.70 bits per heavy atom. The van der Waals surface area contributed by atoms with Gasteiger partial charge < -0.3 is 15.0 Å². The lowest BCUT2D eigenvalue weighted by atomic mass is 9.80. The average molecular weight is 577 g/mol. The number of fused-ring (bicyclic) bond motifs is 1. The predicted octanol–water partition coefficient (Wildman–Crippen LogP) is 9.20. The first-order valence-electron chi connectivity index (χ1n) is 16.6. The van der Waals surface area contributed by atoms with Crippen LogP contribution in [0.1, 0.15) is 93.2 Å². The summed E-state index contributed by atoms with van der Waals surface area (Å²) in [5, 5.41) is 1.25. The number of ether oxygens (including phenoxy) is 1. The van der Waals surface area contributed by atoms with Crippen LogP contribution in [0.3, 0.4) is 0 Å². The molecule has 6 rings (SSSR count). The van der Waals surface area contributed by atoms with E-state index in [2.05, 4.69) is 72.3 Å². The van der Waals surface area contributed by atoms with Gasteiger partial charge in [0.1, 0.15) is 11.5 Å². The van der Waals surface area contributed by atoms with Crippen LogP contribution in [0.5, 0.6) is 5.75 Å². The summed E-state index contributed by atoms with van der Waals surface area (Å²) in [6.07, 6.45) is 14.5. The second-order valence-corrected chi connectivity index (χ2v) is 13.4. The second kappa shape index (κ2) is 13.5. The summed E-state index contributed by atoms with van der Waals surface area (Å²) in [6.45, 7) is 3.20. The van der Waals surface area contributed by atoms with Gasteiger partial charge in [0.15, 0.2) is 0 Å². The van der Waals surface area contributed by atoms with Crippen molar-refractivity contribution in [3.05, 3.63) is 89.6 Å². The molecule has 4 heteroatoms. The summed E-state index contributed by atoms with van der Waals surface area (Å²) in [6, 6.07) is 24.2. The molecule has 0 radical (unpaired) electrons. The van der Waals surface area contributed by atoms with E-state index in [0.717, 1.165) is 49.1 Å². The van der Waals surface area contributed by atoms with E-state index in [1.807, 2.05) is 12.1 Å². The van der Waals surface area contributed by atoms with Crippen LogP contribution in [0, 0.1) is 18.8 Å². The van der Waals surface area contributed by atoms with Crippen LogP contribution < -0.4 is 10.5 Å². The van der Waals surface area contributed by atoms with Gasteiger partial charge in [0.05, 0.1) is 7.11 Å². The van der Waals surface area contributed by atoms with Gasteiger partial charge in [0, 0.05) is 54.0 Å². The molecule has 0 saturated heterocycles. The van der Waals surface area contributed by atoms with Gasteiger partial charge in [-0.15, -0.1) is 0 Å². The molecule has 2 aliphatic carbocycles. The van der Waals surface area contributed by atoms with Crippen molar-refractivity contribution in [2.45, 2.75) is 96.1 Å². The number of benzene rings is 3. The maximum Gasteiger partial charge on any atom is 0.134 e. The minimum Gasteiger partial charge on any atom is -0.496 e. The molecule has 2 aliphatic rings. The van der Waals surface area contributed by atoms with Crippen molar-refractivity contribution >= 4 is 16.7 Å². The smallest absolute Gasteiger partial charge is 0.134 e. The molecule has 43 heavy (non-hydrogen) atoms. The van der Waals surface area contributed by atoms with E-state index in [4.69, 9.17) is 10.5 Å². The highest BCUT2D eigenvalue weighted by Gasteiger charge is 2.27. The van der Waals surface area contributed by atoms with Crippen LogP contribution in [0.25, 0.3) is 22.0 Å². The Bertz CT molecular complexity index is 1540. The van der Waals surface area contributed by atoms with Crippen LogP contribution >= 0.6 is 0 Å². The molecule has 0 bridgehead atoms. The van der Waals surface area contributed by atoms with Crippen LogP contribution in [0.15, 0.2) is 72.9 Å². The normalized spacial score (nSPS) is 20.3. The summed E-state index contributed by atoms with van der Waals surface area (Å²) in [7, 11) is 1.74. The number of para-hydroxylation sites is 1. The first-order chi connectivity index (χ1) is 21.0. The van der Waals surface area contributed by atoms with Crippen LogP contribution in [-0.2, 0) is 11.3 Å². The maximum atomic E-state index is 13.8. The van der Waals surface area contributed by atoms with E-state index in [9.17, 15) is 4.79 Å². The SMILES string of the molecule is COc1ccccc1-c1ccc2c(c1)c(C(CC(=O)CC1CCC(N)CC1)c1cccc(C)c1)cn2CC1CCCCC1. The third-order valence-corrected chi connectivity index (χ3v) is 10.2. The van der Waals surface area contributed by atoms with Crippen LogP contribution in [-0.4, -0.2) is 23.5 Å². The van der Waals surface area contributed by atoms with Crippen molar-refractivity contribution < 1.29 is 9.53 Å². The standard InChI is InChI=1S/C39H48N2O2/c1-27-9-8-12-30(21-27)35(24-33(42)22-28-15-18-32(40)19-16-28)37-26-41(25-29-10-4-3-5-11-29)38-20-17-31(23-36(37)38)34-13-6-7-14-39(34)43-2/h6-9,12-14,17,20-21,23,26,28-29,32,35H,3-5,10-11,15-16,18-19,22,24-25,40H2,1-2H3. The first kappa shape index (κ1) is 29.7. The van der Waals surface area contributed by atoms with Crippen molar-refractivity contribution in [3.8, 4) is 16.9 Å². The minimum absolute atomic E-state index is 0.0151. The van der Waals surface area contributed by atoms with E-state index >= 15 is 0 Å². The van der Waals surface area contributed by atoms with Crippen LogP contribution in [0.2, 0.25) is 0 Å². The number of Topliss-reactive ketones (excluding diaryl/α,β-unsaturated/α-hetero) is 1. The van der Waals surface area contributed by atoms with Gasteiger partial charge in [-0.05, 0) is 92.2 Å². The fourth-order valence-electron chi connectivity index (χ4n) is 7.77. The number of aryl methyl sites for hydroxylation is 1. The Morgan fingerprint density at radius 1 is 0.907 bits per heavy atom. The number of hydrogen-bond donors (Lipinski definition) is 1. The van der Waals surface area contributed by atoms with Gasteiger partial charge in [-0.1, -0.05) is 73.4 Å². The number of carbonyl (C=O) groups is 1. The average Bonchev–Trinajstić information content (AvgIpc) is 3.38. The molecular weight excluding hydrogens is 528 g/mol. The molecule has 0 spiro atoms. The largest absolute Gasteiger partial charge is 0.496 e. The zero-order valence-electron chi connectivity index (χ0n) is 26.1. The lowest BCUT2D eigenvalue weighted by molar-refractivity contribution is -0.120. The monoisotopic (exact) mass is 576 g/mol. The fraction of sp³-hybridized carbons (Fsp3) is 0.462. The summed E-state index contributed by atoms with van der Waals surface area (Å²) >= 11 is 0. The topological polar surface area (TPSA) is 57.2 Å². The fourth-order valence-corrected chi connectivity index (χ4v) is 7.77. The lowest BCUT2D eigenvalue weighted by Gasteiger charge is -2.26. The van der Waals surface area contributed by atoms with E-state index in [1.54, 1.807) is 7.11 Å². The number of ketones is 1. The van der Waals surface area contributed by atoms with Crippen molar-refractivity contribution in [2.75, 3.05) is 7.11 Å². The van der Waals surface area contributed by atoms with Gasteiger partial charge in [-0.2, -0.15) is 0 Å². The molecule has 2 N–H and O–H groups in total. The molecule has 4 aromatic rings. The van der Waals surface area contributed by atoms with Crippen molar-refractivity contribution in [1.82, 2.24) is 4.57 Å². The van der Waals surface area contributed by atoms with Crippen molar-refractivity contribution in [1.29, 1.82) is 0 Å². The Hall–Kier alpha value is -3.37. The van der Waals surface area contributed by atoms with E-state index < -0.39 is 0 Å². The quantitative estimate of drug-likeness (QED) is 0.205. The van der Waals surface area contributed by atoms with Gasteiger partial charge >= 0.3 is 0 Å². The summed E-state index contributed by atoms with van der Waals surface area (Å²) in [5.41, 5.74) is 13.4. The molecule has 3 aromatic carbocycles. The Labute approximate surface area is 257 Å². The molecule has 1 unspecified atom stereocenters. The molecule has 2 saturated carbocycles. The molecule has 0 aliphatic heterocycles. The zero-order chi connectivity index (χ0) is 29.8. The number of rotatable bonds is 10. The maximum absolute atomic E-state index is 13.8. The molecule has 1 atom stereocenters. The van der Waals surface area contributed by atoms with Gasteiger partial charge in [0.25, 0.3) is 0 Å². The van der Waals surface area contributed by atoms with E-state index in [1.165, 1.54) is 59.7 Å². The van der Waals surface area contributed by atoms with Gasteiger partial charge in [-0.3, -0.25) is 4.79 Å². The molecule has 2 fully saturated rings. The van der Waals surface area contributed by atoms with Crippen LogP contribution in [0.4, 0.5) is 0 Å². The first-order valence-corrected chi connectivity index (χ1v) is 16.6. The van der Waals surface area contributed by atoms with Gasteiger partial charge in [0.2, 0.25) is 0 Å². The highest BCUT2D eigenvalue weighted by Crippen LogP contribution is 2.40. The summed E-state index contributed by atoms with van der Waals surface area (Å²) in [4.78, 5) is 13.8. The predicted molar refractivity (Wildman–Crippen MR) is 178 cm³/mol. The molecule has 1 aromatic heterocycles. The molecule has 0 amide bonds. The number of nitrogens with zero attached hydrogens (tertiary/aromatic N) is 1. The third-order valence-electron chi connectivity index (χ3n) is 10.2. The number of hydrogen-bond acceptors (Lipinski definition) is 3. The van der Waals surface area contributed by atoms with Crippen molar-refractivity contribution in [2.24, 2.45) is 17.6 Å². The molecule has 226 valence electrons.